The molecule has 0 spiro atoms. The molecule has 442 valence electrons. The molecular weight excluding hydrogens is 937 g/mol. The number of esters is 3. The van der Waals surface area contributed by atoms with Crippen LogP contribution in [-0.4, -0.2) is 37.2 Å². The highest BCUT2D eigenvalue weighted by Gasteiger charge is 2.19. The van der Waals surface area contributed by atoms with Gasteiger partial charge in [0.05, 0.1) is 0 Å². The smallest absolute Gasteiger partial charge is 0.306 e. The highest BCUT2D eigenvalue weighted by Crippen LogP contribution is 2.17. The average Bonchev–Trinajstić information content (AvgIpc) is 3.42. The third-order valence-electron chi connectivity index (χ3n) is 14.8. The van der Waals surface area contributed by atoms with E-state index >= 15 is 0 Å². The second-order valence-electron chi connectivity index (χ2n) is 22.4. The molecule has 0 aromatic rings. The lowest BCUT2D eigenvalue weighted by Crippen LogP contribution is -2.30. The van der Waals surface area contributed by atoms with Crippen molar-refractivity contribution in [2.24, 2.45) is 0 Å². The minimum atomic E-state index is -0.776. The lowest BCUT2D eigenvalue weighted by Gasteiger charge is -2.18. The number of carbonyl (C=O) groups is 3. The van der Waals surface area contributed by atoms with Crippen molar-refractivity contribution >= 4 is 17.9 Å². The van der Waals surface area contributed by atoms with E-state index in [1.807, 2.05) is 0 Å². The Morgan fingerprint density at radius 1 is 0.276 bits per heavy atom. The van der Waals surface area contributed by atoms with Crippen molar-refractivity contribution in [2.75, 3.05) is 13.2 Å². The zero-order valence-electron chi connectivity index (χ0n) is 50.8. The first-order valence-corrected chi connectivity index (χ1v) is 33.3. The Bertz CT molecular complexity index is 1360. The summed E-state index contributed by atoms with van der Waals surface area (Å²) < 4.78 is 16.9. The molecule has 76 heavy (non-hydrogen) atoms. The van der Waals surface area contributed by atoms with Crippen molar-refractivity contribution in [3.05, 3.63) is 60.8 Å². The van der Waals surface area contributed by atoms with Crippen molar-refractivity contribution in [3.8, 4) is 0 Å². The summed E-state index contributed by atoms with van der Waals surface area (Å²) in [6, 6.07) is 0. The van der Waals surface area contributed by atoms with E-state index in [-0.39, 0.29) is 31.1 Å². The maximum absolute atomic E-state index is 12.9. The molecule has 0 aromatic carbocycles. The second kappa shape index (κ2) is 64.6. The highest BCUT2D eigenvalue weighted by molar-refractivity contribution is 5.71. The van der Waals surface area contributed by atoms with Gasteiger partial charge in [0.2, 0.25) is 0 Å². The minimum Gasteiger partial charge on any atom is -0.462 e. The quantitative estimate of drug-likeness (QED) is 0.0261. The molecule has 0 aliphatic heterocycles. The zero-order valence-corrected chi connectivity index (χ0v) is 50.8. The van der Waals surface area contributed by atoms with Crippen LogP contribution < -0.4 is 0 Å². The van der Waals surface area contributed by atoms with Gasteiger partial charge in [-0.3, -0.25) is 14.4 Å². The molecule has 1 atom stereocenters. The predicted octanol–water partition coefficient (Wildman–Crippen LogP) is 22.7. The van der Waals surface area contributed by atoms with Crippen molar-refractivity contribution in [1.29, 1.82) is 0 Å². The van der Waals surface area contributed by atoms with E-state index in [0.717, 1.165) is 89.9 Å². The second-order valence-corrected chi connectivity index (χ2v) is 22.4. The van der Waals surface area contributed by atoms with Crippen LogP contribution in [0.3, 0.4) is 0 Å². The molecule has 1 unspecified atom stereocenters. The van der Waals surface area contributed by atoms with Crippen molar-refractivity contribution in [1.82, 2.24) is 0 Å². The monoisotopic (exact) mass is 1060 g/mol. The van der Waals surface area contributed by atoms with Crippen LogP contribution in [0, 0.1) is 0 Å². The number of hydrogen-bond acceptors (Lipinski definition) is 6. The number of carbonyl (C=O) groups excluding carboxylic acids is 3. The molecule has 0 radical (unpaired) electrons. The van der Waals surface area contributed by atoms with E-state index in [1.54, 1.807) is 0 Å². The third-order valence-corrected chi connectivity index (χ3v) is 14.8. The van der Waals surface area contributed by atoms with E-state index in [4.69, 9.17) is 14.2 Å². The normalized spacial score (nSPS) is 12.4. The van der Waals surface area contributed by atoms with Crippen LogP contribution >= 0.6 is 0 Å². The summed E-state index contributed by atoms with van der Waals surface area (Å²) in [6.45, 7) is 6.54. The molecule has 0 saturated carbocycles. The van der Waals surface area contributed by atoms with Gasteiger partial charge in [-0.15, -0.1) is 0 Å². The van der Waals surface area contributed by atoms with Gasteiger partial charge in [0, 0.05) is 19.3 Å². The zero-order chi connectivity index (χ0) is 55.0. The minimum absolute atomic E-state index is 0.0739. The molecule has 6 heteroatoms. The Morgan fingerprint density at radius 3 is 0.803 bits per heavy atom. The van der Waals surface area contributed by atoms with Gasteiger partial charge in [0.25, 0.3) is 0 Å². The molecule has 6 nitrogen and oxygen atoms in total. The summed E-state index contributed by atoms with van der Waals surface area (Å²) in [5, 5.41) is 0. The number of hydrogen-bond donors (Lipinski definition) is 0. The Balaban J connectivity index is 4.10. The summed E-state index contributed by atoms with van der Waals surface area (Å²) in [7, 11) is 0. The number of rotatable bonds is 61. The van der Waals surface area contributed by atoms with Crippen LogP contribution in [0.2, 0.25) is 0 Å². The van der Waals surface area contributed by atoms with E-state index in [2.05, 4.69) is 81.5 Å². The maximum Gasteiger partial charge on any atom is 0.306 e. The van der Waals surface area contributed by atoms with Crippen molar-refractivity contribution < 1.29 is 28.6 Å². The van der Waals surface area contributed by atoms with Gasteiger partial charge in [-0.1, -0.05) is 306 Å². The van der Waals surface area contributed by atoms with Crippen LogP contribution in [0.4, 0.5) is 0 Å². The maximum atomic E-state index is 12.9. The molecule has 0 aliphatic carbocycles. The first-order chi connectivity index (χ1) is 37.5. The predicted molar refractivity (Wildman–Crippen MR) is 330 cm³/mol. The Labute approximate surface area is 472 Å². The van der Waals surface area contributed by atoms with Gasteiger partial charge in [-0.25, -0.2) is 0 Å². The van der Waals surface area contributed by atoms with Gasteiger partial charge in [0.1, 0.15) is 13.2 Å². The lowest BCUT2D eigenvalue weighted by atomic mass is 10.0. The molecule has 0 N–H and O–H groups in total. The van der Waals surface area contributed by atoms with Crippen LogP contribution in [-0.2, 0) is 28.6 Å². The molecule has 0 fully saturated rings. The fraction of sp³-hybridized carbons (Fsp3) is 0.814. The molecule has 0 amide bonds. The standard InChI is InChI=1S/C70H126O6/c1-4-7-10-13-16-19-22-24-26-28-29-30-31-32-33-34-35-36-37-38-39-40-41-43-44-46-48-51-54-57-60-63-69(72)75-66-67(65-74-68(71)62-59-56-53-50-21-18-15-12-9-6-3)76-70(73)64-61-58-55-52-49-47-45-42-27-25-23-20-17-14-11-8-5-2/h8,11,17,20,22,24-25,27-29,67H,4-7,9-10,12-16,18-19,21,23,26,30-66H2,1-3H3/b11-8-,20-17-,24-22-,27-25-,29-28-. The SMILES string of the molecule is CC/C=C\C/C=C\C/C=C\CCCCCCCCCC(=O)OC(COC(=O)CCCCCCCCCCCC)COC(=O)CCCCCCCCCCCCCCCCCCCCC/C=C\C/C=C\CCCCCCC. The number of ether oxygens (including phenoxy) is 3. The van der Waals surface area contributed by atoms with E-state index in [0.29, 0.717) is 19.3 Å². The fourth-order valence-electron chi connectivity index (χ4n) is 9.79. The van der Waals surface area contributed by atoms with Crippen molar-refractivity contribution in [2.45, 2.75) is 354 Å². The topological polar surface area (TPSA) is 78.9 Å². The summed E-state index contributed by atoms with van der Waals surface area (Å²) in [5.41, 5.74) is 0. The first-order valence-electron chi connectivity index (χ1n) is 33.3. The van der Waals surface area contributed by atoms with Crippen LogP contribution in [0.15, 0.2) is 60.8 Å². The van der Waals surface area contributed by atoms with Gasteiger partial charge in [-0.05, 0) is 83.5 Å². The number of allylic oxidation sites excluding steroid dienone is 10. The molecule has 0 aromatic heterocycles. The van der Waals surface area contributed by atoms with Crippen LogP contribution in [0.5, 0.6) is 0 Å². The Morgan fingerprint density at radius 2 is 0.513 bits per heavy atom. The van der Waals surface area contributed by atoms with Gasteiger partial charge in [0.15, 0.2) is 6.10 Å². The highest BCUT2D eigenvalue weighted by atomic mass is 16.6. The van der Waals surface area contributed by atoms with Crippen LogP contribution in [0.1, 0.15) is 348 Å². The molecule has 0 bridgehead atoms. The van der Waals surface area contributed by atoms with Gasteiger partial charge < -0.3 is 14.2 Å². The summed E-state index contributed by atoms with van der Waals surface area (Å²) in [5.74, 6) is -0.867. The largest absolute Gasteiger partial charge is 0.462 e. The molecule has 0 rings (SSSR count). The number of unbranched alkanes of at least 4 members (excludes halogenated alkanes) is 40. The van der Waals surface area contributed by atoms with Crippen LogP contribution in [0.25, 0.3) is 0 Å². The third kappa shape index (κ3) is 62.0. The van der Waals surface area contributed by atoms with Gasteiger partial charge >= 0.3 is 17.9 Å². The average molecular weight is 1060 g/mol. The van der Waals surface area contributed by atoms with Gasteiger partial charge in [-0.2, -0.15) is 0 Å². The van der Waals surface area contributed by atoms with E-state index in [1.165, 1.54) is 218 Å². The summed E-state index contributed by atoms with van der Waals surface area (Å²) in [6.07, 6.45) is 82.5. The lowest BCUT2D eigenvalue weighted by molar-refractivity contribution is -0.167. The summed E-state index contributed by atoms with van der Waals surface area (Å²) in [4.78, 5) is 38.2. The van der Waals surface area contributed by atoms with Crippen molar-refractivity contribution in [3.63, 3.8) is 0 Å². The molecule has 0 heterocycles. The molecule has 0 saturated heterocycles. The first kappa shape index (κ1) is 73.1. The molecule has 0 aliphatic rings. The van der Waals surface area contributed by atoms with E-state index < -0.39 is 6.10 Å². The Hall–Kier alpha value is -2.89. The fourth-order valence-corrected chi connectivity index (χ4v) is 9.79. The summed E-state index contributed by atoms with van der Waals surface area (Å²) >= 11 is 0. The van der Waals surface area contributed by atoms with E-state index in [9.17, 15) is 14.4 Å². The Kier molecular flexibility index (Phi) is 62.2. The molecular formula is C70H126O6.